The van der Waals surface area contributed by atoms with Gasteiger partial charge in [-0.2, -0.15) is 5.26 Å². The van der Waals surface area contributed by atoms with Gasteiger partial charge in [-0.05, 0) is 18.1 Å². The van der Waals surface area contributed by atoms with Crippen molar-refractivity contribution >= 4 is 28.5 Å². The van der Waals surface area contributed by atoms with Crippen LogP contribution in [0, 0.1) is 11.3 Å². The minimum Gasteiger partial charge on any atom is -0.296 e. The number of aryl methyl sites for hydroxylation is 1. The summed E-state index contributed by atoms with van der Waals surface area (Å²) >= 11 is 1.30. The van der Waals surface area contributed by atoms with Crippen molar-refractivity contribution in [1.82, 2.24) is 10.2 Å². The molecule has 0 fully saturated rings. The van der Waals surface area contributed by atoms with Gasteiger partial charge < -0.3 is 0 Å². The van der Waals surface area contributed by atoms with Gasteiger partial charge >= 0.3 is 0 Å². The van der Waals surface area contributed by atoms with Gasteiger partial charge in [-0.3, -0.25) is 10.1 Å². The van der Waals surface area contributed by atoms with Crippen LogP contribution in [-0.4, -0.2) is 16.1 Å². The first-order valence-corrected chi connectivity index (χ1v) is 6.85. The smallest absolute Gasteiger partial charge is 0.268 e. The van der Waals surface area contributed by atoms with Gasteiger partial charge in [-0.25, -0.2) is 0 Å². The minimum absolute atomic E-state index is 0.0319. The number of hydrogen-bond donors (Lipinski definition) is 1. The molecule has 0 unspecified atom stereocenters. The molecule has 6 heteroatoms. The zero-order chi connectivity index (χ0) is 14.4. The van der Waals surface area contributed by atoms with Crippen LogP contribution in [0.25, 0.3) is 6.08 Å². The largest absolute Gasteiger partial charge is 0.296 e. The molecule has 0 aliphatic carbocycles. The molecule has 1 heterocycles. The van der Waals surface area contributed by atoms with Gasteiger partial charge in [0.15, 0.2) is 0 Å². The van der Waals surface area contributed by atoms with Crippen molar-refractivity contribution in [3.63, 3.8) is 0 Å². The third kappa shape index (κ3) is 3.49. The number of nitriles is 1. The zero-order valence-corrected chi connectivity index (χ0v) is 11.6. The first kappa shape index (κ1) is 13.9. The number of anilines is 1. The third-order valence-corrected chi connectivity index (χ3v) is 3.45. The number of benzene rings is 1. The van der Waals surface area contributed by atoms with E-state index in [0.717, 1.165) is 17.0 Å². The summed E-state index contributed by atoms with van der Waals surface area (Å²) in [5.41, 5.74) is 0.829. The zero-order valence-electron chi connectivity index (χ0n) is 10.8. The Labute approximate surface area is 120 Å². The highest BCUT2D eigenvalue weighted by atomic mass is 32.1. The van der Waals surface area contributed by atoms with E-state index in [1.54, 1.807) is 0 Å². The molecule has 5 nitrogen and oxygen atoms in total. The molecule has 0 aliphatic rings. The number of hydrogen-bond acceptors (Lipinski definition) is 5. The number of rotatable bonds is 4. The van der Waals surface area contributed by atoms with E-state index in [1.165, 1.54) is 17.4 Å². The van der Waals surface area contributed by atoms with E-state index in [-0.39, 0.29) is 5.57 Å². The van der Waals surface area contributed by atoms with Gasteiger partial charge in [-0.1, -0.05) is 48.6 Å². The average molecular weight is 284 g/mol. The quantitative estimate of drug-likeness (QED) is 0.691. The van der Waals surface area contributed by atoms with Crippen LogP contribution in [0.3, 0.4) is 0 Å². The van der Waals surface area contributed by atoms with Crippen LogP contribution < -0.4 is 5.32 Å². The lowest BCUT2D eigenvalue weighted by Gasteiger charge is -1.99. The second-order valence-corrected chi connectivity index (χ2v) is 4.95. The third-order valence-electron chi connectivity index (χ3n) is 2.47. The molecule has 0 saturated heterocycles. The molecule has 2 rings (SSSR count). The maximum atomic E-state index is 12.0. The Morgan fingerprint density at radius 3 is 2.75 bits per heavy atom. The fourth-order valence-corrected chi connectivity index (χ4v) is 2.15. The van der Waals surface area contributed by atoms with Gasteiger partial charge in [0.25, 0.3) is 5.91 Å². The predicted molar refractivity (Wildman–Crippen MR) is 77.9 cm³/mol. The fourth-order valence-electron chi connectivity index (χ4n) is 1.48. The highest BCUT2D eigenvalue weighted by molar-refractivity contribution is 7.15. The van der Waals surface area contributed by atoms with Crippen LogP contribution >= 0.6 is 11.3 Å². The number of carbonyl (C=O) groups excluding carboxylic acids is 1. The van der Waals surface area contributed by atoms with Crippen molar-refractivity contribution in [2.45, 2.75) is 13.3 Å². The lowest BCUT2D eigenvalue weighted by Crippen LogP contribution is -2.13. The number of carbonyl (C=O) groups is 1. The molecule has 100 valence electrons. The average Bonchev–Trinajstić information content (AvgIpc) is 2.93. The molecule has 1 aromatic heterocycles. The Hall–Kier alpha value is -2.52. The Balaban J connectivity index is 2.14. The SMILES string of the molecule is CCc1nnc(NC(=O)C(C#N)=Cc2ccccc2)s1. The molecule has 0 bridgehead atoms. The molecule has 2 aromatic rings. The Kier molecular flexibility index (Phi) is 4.58. The Morgan fingerprint density at radius 2 is 2.15 bits per heavy atom. The van der Waals surface area contributed by atoms with Crippen LogP contribution in [0.15, 0.2) is 35.9 Å². The summed E-state index contributed by atoms with van der Waals surface area (Å²) < 4.78 is 0. The van der Waals surface area contributed by atoms with Crippen LogP contribution in [0.4, 0.5) is 5.13 Å². The fraction of sp³-hybridized carbons (Fsp3) is 0.143. The Morgan fingerprint density at radius 1 is 1.40 bits per heavy atom. The van der Waals surface area contributed by atoms with E-state index >= 15 is 0 Å². The summed E-state index contributed by atoms with van der Waals surface area (Å²) in [6, 6.07) is 11.1. The highest BCUT2D eigenvalue weighted by Crippen LogP contribution is 2.16. The molecule has 0 atom stereocenters. The van der Waals surface area contributed by atoms with Crippen molar-refractivity contribution in [2.75, 3.05) is 5.32 Å². The van der Waals surface area contributed by atoms with Crippen LogP contribution in [0.1, 0.15) is 17.5 Å². The maximum absolute atomic E-state index is 12.0. The van der Waals surface area contributed by atoms with E-state index in [1.807, 2.05) is 43.3 Å². The van der Waals surface area contributed by atoms with Crippen molar-refractivity contribution < 1.29 is 4.79 Å². The molecule has 0 radical (unpaired) electrons. The summed E-state index contributed by atoms with van der Waals surface area (Å²) in [5.74, 6) is -0.477. The van der Waals surface area contributed by atoms with E-state index in [9.17, 15) is 4.79 Å². The monoisotopic (exact) mass is 284 g/mol. The minimum atomic E-state index is -0.477. The van der Waals surface area contributed by atoms with Crippen LogP contribution in [-0.2, 0) is 11.2 Å². The van der Waals surface area contributed by atoms with Gasteiger partial charge in [0, 0.05) is 0 Å². The molecule has 1 N–H and O–H groups in total. The first-order valence-electron chi connectivity index (χ1n) is 6.03. The number of nitrogens with zero attached hydrogens (tertiary/aromatic N) is 3. The maximum Gasteiger partial charge on any atom is 0.268 e. The summed E-state index contributed by atoms with van der Waals surface area (Å²) in [5, 5.41) is 20.7. The molecule has 1 aromatic carbocycles. The van der Waals surface area contributed by atoms with Crippen molar-refractivity contribution in [3.8, 4) is 6.07 Å². The lowest BCUT2D eigenvalue weighted by molar-refractivity contribution is -0.112. The van der Waals surface area contributed by atoms with Gasteiger partial charge in [-0.15, -0.1) is 10.2 Å². The number of aromatic nitrogens is 2. The first-order chi connectivity index (χ1) is 9.72. The summed E-state index contributed by atoms with van der Waals surface area (Å²) in [7, 11) is 0. The summed E-state index contributed by atoms with van der Waals surface area (Å²) in [4.78, 5) is 12.0. The van der Waals surface area contributed by atoms with Crippen LogP contribution in [0.2, 0.25) is 0 Å². The molecule has 1 amide bonds. The highest BCUT2D eigenvalue weighted by Gasteiger charge is 2.12. The van der Waals surface area contributed by atoms with Gasteiger partial charge in [0.2, 0.25) is 5.13 Å². The molecular formula is C14H12N4OS. The topological polar surface area (TPSA) is 78.7 Å². The molecule has 0 aliphatic heterocycles. The molecule has 0 saturated carbocycles. The van der Waals surface area contributed by atoms with E-state index in [0.29, 0.717) is 5.13 Å². The second kappa shape index (κ2) is 6.59. The Bertz CT molecular complexity index is 670. The lowest BCUT2D eigenvalue weighted by atomic mass is 10.1. The van der Waals surface area contributed by atoms with Crippen molar-refractivity contribution in [2.24, 2.45) is 0 Å². The predicted octanol–water partition coefficient (Wildman–Crippen LogP) is 2.65. The normalized spacial score (nSPS) is 10.9. The van der Waals surface area contributed by atoms with Crippen molar-refractivity contribution in [3.05, 3.63) is 46.5 Å². The number of amides is 1. The van der Waals surface area contributed by atoms with Crippen molar-refractivity contribution in [1.29, 1.82) is 5.26 Å². The molecule has 20 heavy (non-hydrogen) atoms. The molecular weight excluding hydrogens is 272 g/mol. The van der Waals surface area contributed by atoms with E-state index in [2.05, 4.69) is 15.5 Å². The van der Waals surface area contributed by atoms with E-state index in [4.69, 9.17) is 5.26 Å². The van der Waals surface area contributed by atoms with Gasteiger partial charge in [0.05, 0.1) is 0 Å². The summed E-state index contributed by atoms with van der Waals surface area (Å²) in [6.45, 7) is 1.96. The standard InChI is InChI=1S/C14H12N4OS/c1-2-12-17-18-14(20-12)16-13(19)11(9-15)8-10-6-4-3-5-7-10/h3-8H,2H2,1H3,(H,16,18,19). The number of nitrogens with one attached hydrogen (secondary N) is 1. The van der Waals surface area contributed by atoms with Gasteiger partial charge in [0.1, 0.15) is 16.6 Å². The molecule has 0 spiro atoms. The summed E-state index contributed by atoms with van der Waals surface area (Å²) in [6.07, 6.45) is 2.30. The van der Waals surface area contributed by atoms with Crippen LogP contribution in [0.5, 0.6) is 0 Å². The second-order valence-electron chi connectivity index (χ2n) is 3.89. The van der Waals surface area contributed by atoms with E-state index < -0.39 is 5.91 Å².